The van der Waals surface area contributed by atoms with E-state index in [-0.39, 0.29) is 6.04 Å². The molecule has 2 aliphatic heterocycles. The summed E-state index contributed by atoms with van der Waals surface area (Å²) in [6.45, 7) is 5.58. The first-order valence-electron chi connectivity index (χ1n) is 9.01. The summed E-state index contributed by atoms with van der Waals surface area (Å²) in [5, 5.41) is 0. The Labute approximate surface area is 160 Å². The molecular formula is C20H23N3O3S. The molecule has 0 bridgehead atoms. The van der Waals surface area contributed by atoms with E-state index in [1.165, 1.54) is 6.26 Å². The number of hydrogen-bond acceptors (Lipinski definition) is 5. The van der Waals surface area contributed by atoms with Crippen molar-refractivity contribution in [1.29, 1.82) is 0 Å². The summed E-state index contributed by atoms with van der Waals surface area (Å²) in [7, 11) is -3.21. The van der Waals surface area contributed by atoms with Crippen LogP contribution in [0.2, 0.25) is 0 Å². The molecule has 0 aliphatic carbocycles. The molecule has 0 amide bonds. The van der Waals surface area contributed by atoms with E-state index in [2.05, 4.69) is 4.90 Å². The summed E-state index contributed by atoms with van der Waals surface area (Å²) in [6.07, 6.45) is 1.27. The highest BCUT2D eigenvalue weighted by atomic mass is 32.2. The molecule has 27 heavy (non-hydrogen) atoms. The number of piperazine rings is 1. The first-order chi connectivity index (χ1) is 12.8. The SMILES string of the molecule is Cc1ccc2c(c1)Oc1ccccc1C(N1CCN(S(C)(=O)=O)C(C)C1)=N2. The van der Waals surface area contributed by atoms with Crippen molar-refractivity contribution in [2.24, 2.45) is 4.99 Å². The Kier molecular flexibility index (Phi) is 4.44. The number of benzene rings is 2. The van der Waals surface area contributed by atoms with Crippen LogP contribution in [0.15, 0.2) is 47.5 Å². The van der Waals surface area contributed by atoms with Crippen molar-refractivity contribution in [3.63, 3.8) is 0 Å². The number of aliphatic imine (C=N–C) groups is 1. The number of nitrogens with zero attached hydrogens (tertiary/aromatic N) is 3. The molecular weight excluding hydrogens is 362 g/mol. The number of ether oxygens (including phenoxy) is 1. The molecule has 7 heteroatoms. The highest BCUT2D eigenvalue weighted by molar-refractivity contribution is 7.88. The fourth-order valence-corrected chi connectivity index (χ4v) is 4.83. The Morgan fingerprint density at radius 3 is 2.63 bits per heavy atom. The molecule has 1 unspecified atom stereocenters. The van der Waals surface area contributed by atoms with Crippen LogP contribution in [-0.2, 0) is 10.0 Å². The quantitative estimate of drug-likeness (QED) is 0.757. The lowest BCUT2D eigenvalue weighted by molar-refractivity contribution is 0.207. The molecule has 6 nitrogen and oxygen atoms in total. The van der Waals surface area contributed by atoms with Gasteiger partial charge in [0.2, 0.25) is 10.0 Å². The summed E-state index contributed by atoms with van der Waals surface area (Å²) in [5.74, 6) is 2.33. The molecule has 142 valence electrons. The standard InChI is InChI=1S/C20H23N3O3S/c1-14-8-9-17-19(12-14)26-18-7-5-4-6-16(18)20(21-17)22-10-11-23(15(2)13-22)27(3,24)25/h4-9,12,15H,10-11,13H2,1-3H3. The minimum absolute atomic E-state index is 0.120. The van der Waals surface area contributed by atoms with Crippen molar-refractivity contribution in [2.45, 2.75) is 19.9 Å². The van der Waals surface area contributed by atoms with Gasteiger partial charge in [-0.3, -0.25) is 0 Å². The van der Waals surface area contributed by atoms with Crippen molar-refractivity contribution >= 4 is 21.5 Å². The smallest absolute Gasteiger partial charge is 0.211 e. The van der Waals surface area contributed by atoms with Crippen molar-refractivity contribution in [2.75, 3.05) is 25.9 Å². The van der Waals surface area contributed by atoms with E-state index >= 15 is 0 Å². The molecule has 0 radical (unpaired) electrons. The molecule has 0 saturated carbocycles. The van der Waals surface area contributed by atoms with E-state index in [4.69, 9.17) is 9.73 Å². The zero-order chi connectivity index (χ0) is 19.2. The number of fused-ring (bicyclic) bond motifs is 2. The van der Waals surface area contributed by atoms with Gasteiger partial charge in [0.25, 0.3) is 0 Å². The van der Waals surface area contributed by atoms with E-state index < -0.39 is 10.0 Å². The lowest BCUT2D eigenvalue weighted by atomic mass is 10.1. The molecule has 1 saturated heterocycles. The second-order valence-corrected chi connectivity index (χ2v) is 9.11. The molecule has 4 rings (SSSR count). The first kappa shape index (κ1) is 18.0. The Morgan fingerprint density at radius 1 is 1.11 bits per heavy atom. The van der Waals surface area contributed by atoms with Crippen LogP contribution in [0.3, 0.4) is 0 Å². The van der Waals surface area contributed by atoms with Crippen molar-refractivity contribution in [3.05, 3.63) is 53.6 Å². The number of hydrogen-bond donors (Lipinski definition) is 0. The lowest BCUT2D eigenvalue weighted by Crippen LogP contribution is -2.55. The summed E-state index contributed by atoms with van der Waals surface area (Å²) in [4.78, 5) is 7.07. The molecule has 2 aromatic carbocycles. The monoisotopic (exact) mass is 385 g/mol. The number of rotatable bonds is 1. The largest absolute Gasteiger partial charge is 0.454 e. The van der Waals surface area contributed by atoms with Gasteiger partial charge in [-0.25, -0.2) is 13.4 Å². The summed E-state index contributed by atoms with van der Waals surface area (Å²) in [5.41, 5.74) is 2.82. The maximum atomic E-state index is 12.0. The topological polar surface area (TPSA) is 62.2 Å². The molecule has 2 aliphatic rings. The minimum atomic E-state index is -3.21. The van der Waals surface area contributed by atoms with E-state index in [9.17, 15) is 8.42 Å². The third-order valence-corrected chi connectivity index (χ3v) is 6.38. The molecule has 0 spiro atoms. The van der Waals surface area contributed by atoms with Crippen molar-refractivity contribution < 1.29 is 13.2 Å². The van der Waals surface area contributed by atoms with Gasteiger partial charge in [-0.05, 0) is 43.7 Å². The van der Waals surface area contributed by atoms with Gasteiger partial charge in [0.05, 0.1) is 11.8 Å². The van der Waals surface area contributed by atoms with Crippen LogP contribution in [-0.4, -0.2) is 55.4 Å². The molecule has 2 aromatic rings. The van der Waals surface area contributed by atoms with Crippen LogP contribution >= 0.6 is 0 Å². The van der Waals surface area contributed by atoms with Gasteiger partial charge in [0.1, 0.15) is 17.3 Å². The fourth-order valence-electron chi connectivity index (χ4n) is 3.70. The summed E-state index contributed by atoms with van der Waals surface area (Å²) in [6, 6.07) is 13.7. The maximum absolute atomic E-state index is 12.0. The number of amidine groups is 1. The highest BCUT2D eigenvalue weighted by Crippen LogP contribution is 2.38. The van der Waals surface area contributed by atoms with Crippen LogP contribution in [0.25, 0.3) is 0 Å². The summed E-state index contributed by atoms with van der Waals surface area (Å²) < 4.78 is 31.7. The lowest BCUT2D eigenvalue weighted by Gasteiger charge is -2.39. The van der Waals surface area contributed by atoms with Crippen LogP contribution in [0, 0.1) is 6.92 Å². The molecule has 0 aromatic heterocycles. The normalized spacial score (nSPS) is 20.2. The van der Waals surface area contributed by atoms with E-state index in [0.29, 0.717) is 19.6 Å². The predicted molar refractivity (Wildman–Crippen MR) is 106 cm³/mol. The number of para-hydroxylation sites is 1. The minimum Gasteiger partial charge on any atom is -0.454 e. The Hall–Kier alpha value is -2.38. The second kappa shape index (κ2) is 6.65. The van der Waals surface area contributed by atoms with Crippen LogP contribution in [0.5, 0.6) is 11.5 Å². The zero-order valence-electron chi connectivity index (χ0n) is 15.7. The third kappa shape index (κ3) is 3.44. The van der Waals surface area contributed by atoms with E-state index in [1.807, 2.05) is 56.3 Å². The van der Waals surface area contributed by atoms with Crippen LogP contribution in [0.1, 0.15) is 18.1 Å². The summed E-state index contributed by atoms with van der Waals surface area (Å²) >= 11 is 0. The number of sulfonamides is 1. The Balaban J connectivity index is 1.76. The van der Waals surface area contributed by atoms with Gasteiger partial charge in [-0.1, -0.05) is 18.2 Å². The van der Waals surface area contributed by atoms with Crippen LogP contribution < -0.4 is 4.74 Å². The predicted octanol–water partition coefficient (Wildman–Crippen LogP) is 3.14. The van der Waals surface area contributed by atoms with Gasteiger partial charge in [-0.15, -0.1) is 0 Å². The highest BCUT2D eigenvalue weighted by Gasteiger charge is 2.33. The molecule has 1 atom stereocenters. The van der Waals surface area contributed by atoms with Crippen molar-refractivity contribution in [1.82, 2.24) is 9.21 Å². The van der Waals surface area contributed by atoms with E-state index in [0.717, 1.165) is 34.1 Å². The van der Waals surface area contributed by atoms with E-state index in [1.54, 1.807) is 4.31 Å². The number of aryl methyl sites for hydroxylation is 1. The van der Waals surface area contributed by atoms with Crippen molar-refractivity contribution in [3.8, 4) is 11.5 Å². The zero-order valence-corrected chi connectivity index (χ0v) is 16.5. The average molecular weight is 385 g/mol. The van der Waals surface area contributed by atoms with Gasteiger partial charge < -0.3 is 9.64 Å². The van der Waals surface area contributed by atoms with Gasteiger partial charge in [0.15, 0.2) is 5.75 Å². The molecule has 0 N–H and O–H groups in total. The fraction of sp³-hybridized carbons (Fsp3) is 0.350. The second-order valence-electron chi connectivity index (χ2n) is 7.17. The van der Waals surface area contributed by atoms with Gasteiger partial charge >= 0.3 is 0 Å². The van der Waals surface area contributed by atoms with Gasteiger partial charge in [-0.2, -0.15) is 4.31 Å². The Morgan fingerprint density at radius 2 is 1.89 bits per heavy atom. The molecule has 2 heterocycles. The third-order valence-electron chi connectivity index (χ3n) is 4.98. The average Bonchev–Trinajstić information content (AvgIpc) is 2.76. The Bertz CT molecular complexity index is 1020. The first-order valence-corrected chi connectivity index (χ1v) is 10.9. The van der Waals surface area contributed by atoms with Gasteiger partial charge in [0, 0.05) is 25.7 Å². The maximum Gasteiger partial charge on any atom is 0.211 e. The van der Waals surface area contributed by atoms with Crippen LogP contribution in [0.4, 0.5) is 5.69 Å². The molecule has 1 fully saturated rings.